The van der Waals surface area contributed by atoms with Crippen LogP contribution in [0.15, 0.2) is 6.07 Å². The molecule has 0 aromatic carbocycles. The van der Waals surface area contributed by atoms with E-state index >= 15 is 0 Å². The molecule has 4 N–H and O–H groups in total. The van der Waals surface area contributed by atoms with Crippen molar-refractivity contribution >= 4 is 34.8 Å². The summed E-state index contributed by atoms with van der Waals surface area (Å²) in [5, 5.41) is 10.7. The van der Waals surface area contributed by atoms with Gasteiger partial charge in [-0.05, 0) is 26.6 Å². The van der Waals surface area contributed by atoms with Crippen molar-refractivity contribution in [2.75, 3.05) is 37.5 Å². The zero-order chi connectivity index (χ0) is 14.9. The molecule has 0 aliphatic carbocycles. The summed E-state index contributed by atoms with van der Waals surface area (Å²) in [5.41, 5.74) is 2.45. The van der Waals surface area contributed by atoms with Gasteiger partial charge in [0.15, 0.2) is 5.82 Å². The zero-order valence-electron chi connectivity index (χ0n) is 11.5. The third-order valence-electron chi connectivity index (χ3n) is 3.29. The van der Waals surface area contributed by atoms with Crippen molar-refractivity contribution in [3.63, 3.8) is 0 Å². The van der Waals surface area contributed by atoms with Gasteiger partial charge in [-0.2, -0.15) is 0 Å². The van der Waals surface area contributed by atoms with Crippen molar-refractivity contribution in [3.8, 4) is 0 Å². The molecule has 1 aromatic rings. The van der Waals surface area contributed by atoms with Gasteiger partial charge in [0.25, 0.3) is 0 Å². The number of β-amino-alcohol motifs (C(OH)–C–C–N with tert-alkyl or cyclic N) is 1. The minimum atomic E-state index is -0.386. The number of likely N-dealkylation sites (N-methyl/N-ethyl adjacent to an activating group) is 1. The highest BCUT2D eigenvalue weighted by Gasteiger charge is 2.33. The first-order chi connectivity index (χ1) is 9.42. The lowest BCUT2D eigenvalue weighted by Crippen LogP contribution is -2.38. The van der Waals surface area contributed by atoms with E-state index in [4.69, 9.17) is 29.0 Å². The van der Waals surface area contributed by atoms with Gasteiger partial charge in [-0.25, -0.2) is 10.8 Å². The molecule has 2 heterocycles. The molecule has 6 nitrogen and oxygen atoms in total. The minimum absolute atomic E-state index is 0.150. The number of hydrogen-bond acceptors (Lipinski definition) is 6. The number of nitrogens with one attached hydrogen (secondary N) is 1. The molecule has 112 valence electrons. The number of nitrogens with two attached hydrogens (primary N) is 1. The Kier molecular flexibility index (Phi) is 4.93. The highest BCUT2D eigenvalue weighted by atomic mass is 35.5. The van der Waals surface area contributed by atoms with E-state index in [2.05, 4.69) is 15.3 Å². The lowest BCUT2D eigenvalue weighted by Gasteiger charge is -2.28. The number of nitrogens with zero attached hydrogens (tertiary/aromatic N) is 3. The molecule has 8 heteroatoms. The van der Waals surface area contributed by atoms with Crippen LogP contribution in [-0.4, -0.2) is 54.3 Å². The molecule has 1 fully saturated rings. The smallest absolute Gasteiger partial charge is 0.161 e. The number of aliphatic hydroxyl groups is 1. The van der Waals surface area contributed by atoms with Crippen LogP contribution >= 0.6 is 23.2 Å². The monoisotopic (exact) mass is 319 g/mol. The fourth-order valence-corrected chi connectivity index (χ4v) is 3.03. The Bertz CT molecular complexity index is 485. The summed E-state index contributed by atoms with van der Waals surface area (Å²) >= 11 is 12.2. The fourth-order valence-electron chi connectivity index (χ4n) is 2.51. The van der Waals surface area contributed by atoms with Gasteiger partial charge in [0.1, 0.15) is 5.82 Å². The molecule has 0 bridgehead atoms. The van der Waals surface area contributed by atoms with Crippen molar-refractivity contribution in [3.05, 3.63) is 16.1 Å². The van der Waals surface area contributed by atoms with E-state index in [9.17, 15) is 5.11 Å². The van der Waals surface area contributed by atoms with E-state index in [1.807, 2.05) is 19.0 Å². The maximum atomic E-state index is 9.92. The van der Waals surface area contributed by atoms with Gasteiger partial charge in [0, 0.05) is 19.1 Å². The van der Waals surface area contributed by atoms with Crippen molar-refractivity contribution in [1.29, 1.82) is 0 Å². The molecule has 1 aliphatic heterocycles. The topological polar surface area (TPSA) is 77.7 Å². The summed E-state index contributed by atoms with van der Waals surface area (Å²) in [6.45, 7) is 1.31. The SMILES string of the molecule is CN(C)CC1CC(O)CN1c1nc(NN)c(Cl)cc1Cl. The maximum absolute atomic E-state index is 9.92. The van der Waals surface area contributed by atoms with E-state index in [1.54, 1.807) is 6.07 Å². The highest BCUT2D eigenvalue weighted by Crippen LogP contribution is 2.34. The van der Waals surface area contributed by atoms with Crippen molar-refractivity contribution in [2.24, 2.45) is 5.84 Å². The zero-order valence-corrected chi connectivity index (χ0v) is 13.0. The van der Waals surface area contributed by atoms with Gasteiger partial charge in [-0.1, -0.05) is 23.2 Å². The largest absolute Gasteiger partial charge is 0.391 e. The van der Waals surface area contributed by atoms with Gasteiger partial charge in [0.05, 0.1) is 16.1 Å². The molecular weight excluding hydrogens is 301 g/mol. The Balaban J connectivity index is 2.33. The van der Waals surface area contributed by atoms with E-state index in [1.165, 1.54) is 0 Å². The van der Waals surface area contributed by atoms with Crippen LogP contribution in [-0.2, 0) is 0 Å². The first-order valence-corrected chi connectivity index (χ1v) is 7.10. The van der Waals surface area contributed by atoms with Gasteiger partial charge < -0.3 is 20.3 Å². The maximum Gasteiger partial charge on any atom is 0.161 e. The lowest BCUT2D eigenvalue weighted by atomic mass is 10.2. The fraction of sp³-hybridized carbons (Fsp3) is 0.583. The molecule has 0 spiro atoms. The number of halogens is 2. The third kappa shape index (κ3) is 3.27. The second kappa shape index (κ2) is 6.32. The summed E-state index contributed by atoms with van der Waals surface area (Å²) < 4.78 is 0. The summed E-state index contributed by atoms with van der Waals surface area (Å²) in [6.07, 6.45) is 0.298. The number of pyridine rings is 1. The number of rotatable bonds is 4. The second-order valence-corrected chi connectivity index (χ2v) is 6.04. The number of aliphatic hydroxyl groups excluding tert-OH is 1. The molecule has 2 unspecified atom stereocenters. The van der Waals surface area contributed by atoms with Crippen LogP contribution in [0.5, 0.6) is 0 Å². The normalized spacial score (nSPS) is 22.6. The molecule has 0 saturated carbocycles. The van der Waals surface area contributed by atoms with E-state index in [0.29, 0.717) is 34.6 Å². The minimum Gasteiger partial charge on any atom is -0.391 e. The average molecular weight is 320 g/mol. The number of aromatic nitrogens is 1. The first-order valence-electron chi connectivity index (χ1n) is 6.34. The van der Waals surface area contributed by atoms with Crippen LogP contribution in [0.25, 0.3) is 0 Å². The predicted molar refractivity (Wildman–Crippen MR) is 82.4 cm³/mol. The highest BCUT2D eigenvalue weighted by molar-refractivity contribution is 6.37. The van der Waals surface area contributed by atoms with Gasteiger partial charge in [0.2, 0.25) is 0 Å². The Morgan fingerprint density at radius 2 is 2.20 bits per heavy atom. The average Bonchev–Trinajstić information content (AvgIpc) is 2.69. The molecule has 1 saturated heterocycles. The molecule has 1 aliphatic rings. The van der Waals surface area contributed by atoms with Crippen LogP contribution in [0.3, 0.4) is 0 Å². The number of hydrogen-bond donors (Lipinski definition) is 3. The lowest BCUT2D eigenvalue weighted by molar-refractivity contribution is 0.191. The number of nitrogen functional groups attached to an aromatic ring is 1. The summed E-state index contributed by atoms with van der Waals surface area (Å²) in [6, 6.07) is 1.76. The quantitative estimate of drug-likeness (QED) is 0.571. The second-order valence-electron chi connectivity index (χ2n) is 5.23. The molecule has 0 amide bonds. The summed E-state index contributed by atoms with van der Waals surface area (Å²) in [7, 11) is 3.99. The van der Waals surface area contributed by atoms with Crippen LogP contribution in [0.2, 0.25) is 10.0 Å². The standard InChI is InChI=1S/C12H19Cl2N5O/c1-18(2)5-7-3-8(20)6-19(7)12-10(14)4-9(13)11(16-12)17-15/h4,7-8,20H,3,5-6,15H2,1-2H3,(H,16,17). The van der Waals surface area contributed by atoms with Crippen molar-refractivity contribution < 1.29 is 5.11 Å². The van der Waals surface area contributed by atoms with Crippen LogP contribution in [0.4, 0.5) is 11.6 Å². The molecule has 2 atom stereocenters. The van der Waals surface area contributed by atoms with Gasteiger partial charge >= 0.3 is 0 Å². The molecule has 0 radical (unpaired) electrons. The Labute approximate surface area is 128 Å². The van der Waals surface area contributed by atoms with Gasteiger partial charge in [-0.3, -0.25) is 0 Å². The van der Waals surface area contributed by atoms with Crippen LogP contribution < -0.4 is 16.2 Å². The first kappa shape index (κ1) is 15.6. The van der Waals surface area contributed by atoms with Gasteiger partial charge in [-0.15, -0.1) is 0 Å². The predicted octanol–water partition coefficient (Wildman–Crippen LogP) is 1.18. The van der Waals surface area contributed by atoms with E-state index < -0.39 is 0 Å². The summed E-state index contributed by atoms with van der Waals surface area (Å²) in [5.74, 6) is 6.36. The van der Waals surface area contributed by atoms with E-state index in [0.717, 1.165) is 6.54 Å². The molecular formula is C12H19Cl2N5O. The molecule has 1 aromatic heterocycles. The Morgan fingerprint density at radius 3 is 2.80 bits per heavy atom. The summed E-state index contributed by atoms with van der Waals surface area (Å²) in [4.78, 5) is 8.44. The van der Waals surface area contributed by atoms with Crippen molar-refractivity contribution in [2.45, 2.75) is 18.6 Å². The Morgan fingerprint density at radius 1 is 1.50 bits per heavy atom. The third-order valence-corrected chi connectivity index (χ3v) is 3.85. The number of hydrazine groups is 1. The molecule has 2 rings (SSSR count). The van der Waals surface area contributed by atoms with Crippen LogP contribution in [0, 0.1) is 0 Å². The van der Waals surface area contributed by atoms with Crippen molar-refractivity contribution in [1.82, 2.24) is 9.88 Å². The number of anilines is 2. The molecule has 20 heavy (non-hydrogen) atoms. The van der Waals surface area contributed by atoms with E-state index in [-0.39, 0.29) is 12.1 Å². The van der Waals surface area contributed by atoms with Crippen LogP contribution in [0.1, 0.15) is 6.42 Å². The Hall–Kier alpha value is -0.790.